The van der Waals surface area contributed by atoms with Crippen LogP contribution in [0.3, 0.4) is 0 Å². The van der Waals surface area contributed by atoms with Gasteiger partial charge in [-0.15, -0.1) is 0 Å². The van der Waals surface area contributed by atoms with Crippen LogP contribution in [0.1, 0.15) is 78.1 Å². The van der Waals surface area contributed by atoms with E-state index in [1.807, 2.05) is 46.0 Å². The summed E-state index contributed by atoms with van der Waals surface area (Å²) in [6.45, 7) is 19.8. The molecule has 3 rings (SSSR count). The Hall–Kier alpha value is -3.54. The minimum absolute atomic E-state index is 0.0953. The zero-order chi connectivity index (χ0) is 28.8. The molecule has 0 aliphatic carbocycles. The average molecular weight is 526 g/mol. The van der Waals surface area contributed by atoms with Crippen LogP contribution in [0, 0.1) is 0 Å². The van der Waals surface area contributed by atoms with E-state index in [2.05, 4.69) is 31.1 Å². The number of benzene rings is 2. The fourth-order valence-corrected chi connectivity index (χ4v) is 3.98. The summed E-state index contributed by atoms with van der Waals surface area (Å²) in [7, 11) is 1.58. The van der Waals surface area contributed by atoms with Crippen LogP contribution in [-0.4, -0.2) is 24.3 Å². The molecule has 208 valence electrons. The number of hydrogen-bond donors (Lipinski definition) is 0. The van der Waals surface area contributed by atoms with E-state index < -0.39 is 0 Å². The number of aromatic nitrogens is 1. The highest BCUT2D eigenvalue weighted by Crippen LogP contribution is 2.33. The number of nitrogens with zero attached hydrogens (tertiary/aromatic N) is 1. The van der Waals surface area contributed by atoms with Crippen LogP contribution < -0.4 is 9.47 Å². The molecule has 0 fully saturated rings. The standard InChI is InChI=1S/C28H32FNO4.2C2H6/c1-7-23(19(5)29)25-13-20(14-26-24(25)11-12-30(26)18(3)4)17-34-27-16-22(32-6)10-9-21(27)15-28(31)33-8-2;2*1-2/h7,9-14,16,18H,1,8,15,17H2,2-6H3;2*1-2H3/b23-19-;;. The van der Waals surface area contributed by atoms with Gasteiger partial charge in [-0.05, 0) is 63.1 Å². The van der Waals surface area contributed by atoms with Gasteiger partial charge in [0.2, 0.25) is 0 Å². The van der Waals surface area contributed by atoms with Crippen LogP contribution in [-0.2, 0) is 22.6 Å². The van der Waals surface area contributed by atoms with Gasteiger partial charge in [0.15, 0.2) is 0 Å². The van der Waals surface area contributed by atoms with Gasteiger partial charge in [0, 0.05) is 40.3 Å². The summed E-state index contributed by atoms with van der Waals surface area (Å²) in [6.07, 6.45) is 3.65. The Bertz CT molecular complexity index is 1220. The third-order valence-electron chi connectivity index (χ3n) is 5.63. The molecule has 0 amide bonds. The molecule has 0 saturated heterocycles. The highest BCUT2D eigenvalue weighted by Gasteiger charge is 2.16. The van der Waals surface area contributed by atoms with Crippen molar-refractivity contribution in [1.29, 1.82) is 0 Å². The van der Waals surface area contributed by atoms with Crippen molar-refractivity contribution >= 4 is 22.4 Å². The van der Waals surface area contributed by atoms with Gasteiger partial charge in [0.1, 0.15) is 23.9 Å². The number of hydrogen-bond acceptors (Lipinski definition) is 4. The lowest BCUT2D eigenvalue weighted by atomic mass is 9.98. The summed E-state index contributed by atoms with van der Waals surface area (Å²) >= 11 is 0. The van der Waals surface area contributed by atoms with Crippen LogP contribution in [0.5, 0.6) is 11.5 Å². The Balaban J connectivity index is 0.00000172. The molecule has 0 N–H and O–H groups in total. The molecule has 5 nitrogen and oxygen atoms in total. The predicted octanol–water partition coefficient (Wildman–Crippen LogP) is 8.85. The molecule has 0 bridgehead atoms. The van der Waals surface area contributed by atoms with E-state index in [1.54, 1.807) is 38.3 Å². The monoisotopic (exact) mass is 525 g/mol. The summed E-state index contributed by atoms with van der Waals surface area (Å²) in [4.78, 5) is 12.1. The second-order valence-electron chi connectivity index (χ2n) is 8.29. The van der Waals surface area contributed by atoms with E-state index in [9.17, 15) is 9.18 Å². The number of ether oxygens (including phenoxy) is 3. The molecule has 6 heteroatoms. The van der Waals surface area contributed by atoms with Crippen molar-refractivity contribution in [2.75, 3.05) is 13.7 Å². The Kier molecular flexibility index (Phi) is 14.0. The fraction of sp³-hybridized carbons (Fsp3) is 0.406. The van der Waals surface area contributed by atoms with Crippen LogP contribution in [0.4, 0.5) is 4.39 Å². The first kappa shape index (κ1) is 32.5. The zero-order valence-electron chi connectivity index (χ0n) is 24.5. The number of rotatable bonds is 10. The maximum absolute atomic E-state index is 14.4. The lowest BCUT2D eigenvalue weighted by Crippen LogP contribution is -2.09. The summed E-state index contributed by atoms with van der Waals surface area (Å²) in [5.74, 6) is 0.540. The molecule has 1 aromatic heterocycles. The van der Waals surface area contributed by atoms with Crippen molar-refractivity contribution in [3.05, 3.63) is 77.8 Å². The van der Waals surface area contributed by atoms with Gasteiger partial charge in [-0.1, -0.05) is 46.4 Å². The topological polar surface area (TPSA) is 49.7 Å². The lowest BCUT2D eigenvalue weighted by molar-refractivity contribution is -0.142. The predicted molar refractivity (Wildman–Crippen MR) is 157 cm³/mol. The molecule has 1 heterocycles. The molecule has 0 spiro atoms. The molecule has 0 aliphatic heterocycles. The molecule has 0 radical (unpaired) electrons. The van der Waals surface area contributed by atoms with Crippen LogP contribution in [0.15, 0.2) is 61.1 Å². The van der Waals surface area contributed by atoms with Crippen LogP contribution in [0.25, 0.3) is 16.5 Å². The minimum atomic E-state index is -0.324. The molecule has 0 saturated carbocycles. The number of allylic oxidation sites excluding steroid dienone is 3. The molecular weight excluding hydrogens is 481 g/mol. The van der Waals surface area contributed by atoms with Gasteiger partial charge in [-0.2, -0.15) is 0 Å². The van der Waals surface area contributed by atoms with Crippen LogP contribution in [0.2, 0.25) is 0 Å². The first-order valence-corrected chi connectivity index (χ1v) is 13.4. The number of carbonyl (C=O) groups is 1. The van der Waals surface area contributed by atoms with Crippen molar-refractivity contribution in [1.82, 2.24) is 4.57 Å². The summed E-state index contributed by atoms with van der Waals surface area (Å²) < 4.78 is 33.1. The third-order valence-corrected chi connectivity index (χ3v) is 5.63. The maximum atomic E-state index is 14.4. The zero-order valence-corrected chi connectivity index (χ0v) is 24.5. The van der Waals surface area contributed by atoms with E-state index in [1.165, 1.54) is 6.92 Å². The largest absolute Gasteiger partial charge is 0.497 e. The lowest BCUT2D eigenvalue weighted by Gasteiger charge is -2.16. The van der Waals surface area contributed by atoms with E-state index in [0.29, 0.717) is 29.2 Å². The van der Waals surface area contributed by atoms with E-state index in [0.717, 1.165) is 22.0 Å². The smallest absolute Gasteiger partial charge is 0.310 e. The van der Waals surface area contributed by atoms with Crippen molar-refractivity contribution in [3.8, 4) is 11.5 Å². The van der Waals surface area contributed by atoms with Crippen LogP contribution >= 0.6 is 0 Å². The maximum Gasteiger partial charge on any atom is 0.310 e. The molecule has 0 aliphatic rings. The van der Waals surface area contributed by atoms with Gasteiger partial charge in [0.25, 0.3) is 0 Å². The summed E-state index contributed by atoms with van der Waals surface area (Å²) in [5.41, 5.74) is 3.79. The molecule has 2 aromatic carbocycles. The number of fused-ring (bicyclic) bond motifs is 1. The Morgan fingerprint density at radius 2 is 1.79 bits per heavy atom. The Morgan fingerprint density at radius 1 is 1.11 bits per heavy atom. The first-order valence-electron chi connectivity index (χ1n) is 13.4. The average Bonchev–Trinajstić information content (AvgIpc) is 3.35. The number of carbonyl (C=O) groups excluding carboxylic acids is 1. The minimum Gasteiger partial charge on any atom is -0.497 e. The van der Waals surface area contributed by atoms with Gasteiger partial charge in [-0.3, -0.25) is 4.79 Å². The van der Waals surface area contributed by atoms with Gasteiger partial charge in [-0.25, -0.2) is 4.39 Å². The molecule has 0 atom stereocenters. The van der Waals surface area contributed by atoms with Crippen molar-refractivity contribution in [2.45, 2.75) is 74.5 Å². The Labute approximate surface area is 227 Å². The van der Waals surface area contributed by atoms with Gasteiger partial charge < -0.3 is 18.8 Å². The highest BCUT2D eigenvalue weighted by molar-refractivity contribution is 5.96. The molecule has 0 unspecified atom stereocenters. The molecule has 3 aromatic rings. The third kappa shape index (κ3) is 8.23. The van der Waals surface area contributed by atoms with Crippen molar-refractivity contribution in [3.63, 3.8) is 0 Å². The van der Waals surface area contributed by atoms with Crippen molar-refractivity contribution < 1.29 is 23.4 Å². The van der Waals surface area contributed by atoms with Crippen molar-refractivity contribution in [2.24, 2.45) is 0 Å². The van der Waals surface area contributed by atoms with E-state index in [4.69, 9.17) is 14.2 Å². The van der Waals surface area contributed by atoms with Gasteiger partial charge >= 0.3 is 5.97 Å². The van der Waals surface area contributed by atoms with Gasteiger partial charge in [0.05, 0.1) is 20.1 Å². The van der Waals surface area contributed by atoms with E-state index in [-0.39, 0.29) is 30.9 Å². The molecule has 38 heavy (non-hydrogen) atoms. The summed E-state index contributed by atoms with van der Waals surface area (Å²) in [5, 5.41) is 0.953. The second kappa shape index (κ2) is 16.3. The second-order valence-corrected chi connectivity index (χ2v) is 8.29. The number of halogens is 1. The highest BCUT2D eigenvalue weighted by atomic mass is 19.1. The number of esters is 1. The fourth-order valence-electron chi connectivity index (χ4n) is 3.98. The Morgan fingerprint density at radius 3 is 2.34 bits per heavy atom. The number of methoxy groups -OCH3 is 1. The normalized spacial score (nSPS) is 11.0. The quantitative estimate of drug-likeness (QED) is 0.196. The SMILES string of the molecule is C=C/C(=C(\C)F)c1cc(COc2cc(OC)ccc2CC(=O)OCC)cc2c1ccn2C(C)C.CC.CC. The first-order chi connectivity index (χ1) is 18.3. The van der Waals surface area contributed by atoms with E-state index >= 15 is 0 Å². The summed E-state index contributed by atoms with van der Waals surface area (Å²) in [6, 6.07) is 11.6. The molecular formula is C32H44FNO4.